The maximum Gasteiger partial charge on any atom is 0.407 e. The summed E-state index contributed by atoms with van der Waals surface area (Å²) in [6.07, 6.45) is 5.94. The summed E-state index contributed by atoms with van der Waals surface area (Å²) in [5, 5.41) is 3.34. The summed E-state index contributed by atoms with van der Waals surface area (Å²) < 4.78 is 10.7. The van der Waals surface area contributed by atoms with E-state index >= 15 is 0 Å². The lowest BCUT2D eigenvalue weighted by Crippen LogP contribution is -2.40. The summed E-state index contributed by atoms with van der Waals surface area (Å²) in [6, 6.07) is -0.145. The molecule has 0 aliphatic heterocycles. The Bertz CT molecular complexity index is 362. The van der Waals surface area contributed by atoms with Crippen LogP contribution in [0.2, 0.25) is 0 Å². The Kier molecular flexibility index (Phi) is 8.21. The first-order valence-electron chi connectivity index (χ1n) is 8.05. The van der Waals surface area contributed by atoms with Crippen LogP contribution in [0.5, 0.6) is 0 Å². The molecule has 0 aromatic heterocycles. The quantitative estimate of drug-likeness (QED) is 0.562. The normalized spacial score (nSPS) is 17.6. The minimum absolute atomic E-state index is 0.0856. The van der Waals surface area contributed by atoms with E-state index in [2.05, 4.69) is 21.2 Å². The fourth-order valence-corrected chi connectivity index (χ4v) is 2.87. The Balaban J connectivity index is 2.27. The van der Waals surface area contributed by atoms with E-state index in [0.29, 0.717) is 18.2 Å². The summed E-state index contributed by atoms with van der Waals surface area (Å²) in [6.45, 7) is 5.45. The van der Waals surface area contributed by atoms with E-state index in [1.54, 1.807) is 0 Å². The highest BCUT2D eigenvalue weighted by Gasteiger charge is 2.21. The number of hydrogen-bond donors (Lipinski definition) is 1. The van der Waals surface area contributed by atoms with E-state index in [1.165, 1.54) is 6.42 Å². The third-order valence-corrected chi connectivity index (χ3v) is 4.24. The van der Waals surface area contributed by atoms with Crippen LogP contribution in [0, 0.1) is 0 Å². The van der Waals surface area contributed by atoms with Crippen molar-refractivity contribution >= 4 is 28.0 Å². The molecule has 0 radical (unpaired) electrons. The minimum Gasteiger partial charge on any atom is -0.462 e. The molecule has 0 bridgehead atoms. The molecule has 128 valence electrons. The molecule has 1 aliphatic carbocycles. The number of nitrogens with one attached hydrogen (secondary N) is 1. The average Bonchev–Trinajstić information content (AvgIpc) is 2.42. The molecule has 0 saturated heterocycles. The van der Waals surface area contributed by atoms with Gasteiger partial charge < -0.3 is 14.8 Å². The third-order valence-electron chi connectivity index (χ3n) is 3.45. The molecule has 1 amide bonds. The van der Waals surface area contributed by atoms with Crippen molar-refractivity contribution in [3.8, 4) is 0 Å². The number of esters is 1. The number of ether oxygens (including phenoxy) is 2. The topological polar surface area (TPSA) is 64.6 Å². The molecule has 22 heavy (non-hydrogen) atoms. The molecular formula is C16H28BrNO4. The van der Waals surface area contributed by atoms with Crippen molar-refractivity contribution in [3.05, 3.63) is 0 Å². The van der Waals surface area contributed by atoms with E-state index in [-0.39, 0.29) is 18.1 Å². The molecule has 0 spiro atoms. The number of alkyl halides is 1. The lowest BCUT2D eigenvalue weighted by atomic mass is 9.98. The Morgan fingerprint density at radius 1 is 1.23 bits per heavy atom. The number of halogens is 1. The van der Waals surface area contributed by atoms with Crippen molar-refractivity contribution < 1.29 is 19.1 Å². The van der Waals surface area contributed by atoms with Crippen molar-refractivity contribution in [2.75, 3.05) is 5.33 Å². The molecule has 1 rings (SSSR count). The highest BCUT2D eigenvalue weighted by molar-refractivity contribution is 9.09. The van der Waals surface area contributed by atoms with Gasteiger partial charge in [0.1, 0.15) is 11.7 Å². The van der Waals surface area contributed by atoms with Gasteiger partial charge in [-0.1, -0.05) is 22.4 Å². The number of carbonyl (C=O) groups excluding carboxylic acids is 2. The summed E-state index contributed by atoms with van der Waals surface area (Å²) in [5.41, 5.74) is -0.527. The van der Waals surface area contributed by atoms with Gasteiger partial charge in [0.15, 0.2) is 0 Å². The minimum atomic E-state index is -0.527. The summed E-state index contributed by atoms with van der Waals surface area (Å²) in [4.78, 5) is 23.6. The van der Waals surface area contributed by atoms with Gasteiger partial charge in [0.2, 0.25) is 0 Å². The van der Waals surface area contributed by atoms with Crippen molar-refractivity contribution in [3.63, 3.8) is 0 Å². The molecule has 0 unspecified atom stereocenters. The fourth-order valence-electron chi connectivity index (χ4n) is 2.38. The van der Waals surface area contributed by atoms with E-state index in [0.717, 1.165) is 25.7 Å². The molecule has 1 saturated carbocycles. The van der Waals surface area contributed by atoms with E-state index in [9.17, 15) is 9.59 Å². The molecule has 6 heteroatoms. The predicted molar refractivity (Wildman–Crippen MR) is 89.2 cm³/mol. The molecule has 0 aromatic rings. The first-order valence-corrected chi connectivity index (χ1v) is 9.17. The van der Waals surface area contributed by atoms with Gasteiger partial charge in [0.25, 0.3) is 0 Å². The van der Waals surface area contributed by atoms with Crippen molar-refractivity contribution in [2.24, 2.45) is 0 Å². The largest absolute Gasteiger partial charge is 0.462 e. The summed E-state index contributed by atoms with van der Waals surface area (Å²) in [7, 11) is 0. The first-order chi connectivity index (χ1) is 10.3. The monoisotopic (exact) mass is 377 g/mol. The Morgan fingerprint density at radius 3 is 2.41 bits per heavy atom. The zero-order valence-electron chi connectivity index (χ0n) is 13.8. The first kappa shape index (κ1) is 19.3. The Morgan fingerprint density at radius 2 is 1.86 bits per heavy atom. The van der Waals surface area contributed by atoms with Crippen LogP contribution in [-0.4, -0.2) is 35.1 Å². The number of alkyl carbamates (subject to hydrolysis) is 1. The van der Waals surface area contributed by atoms with Gasteiger partial charge in [-0.15, -0.1) is 0 Å². The smallest absolute Gasteiger partial charge is 0.407 e. The van der Waals surface area contributed by atoms with E-state index in [4.69, 9.17) is 9.47 Å². The zero-order valence-corrected chi connectivity index (χ0v) is 15.4. The zero-order chi connectivity index (χ0) is 16.6. The lowest BCUT2D eigenvalue weighted by molar-refractivity contribution is -0.150. The van der Waals surface area contributed by atoms with Gasteiger partial charge in [0.05, 0.1) is 0 Å². The van der Waals surface area contributed by atoms with Crippen molar-refractivity contribution in [1.29, 1.82) is 0 Å². The van der Waals surface area contributed by atoms with E-state index < -0.39 is 11.7 Å². The molecule has 0 heterocycles. The molecule has 1 fully saturated rings. The highest BCUT2D eigenvalue weighted by atomic mass is 79.9. The van der Waals surface area contributed by atoms with Crippen LogP contribution in [0.15, 0.2) is 0 Å². The summed E-state index contributed by atoms with van der Waals surface area (Å²) in [5.74, 6) is -0.177. The lowest BCUT2D eigenvalue weighted by Gasteiger charge is -2.24. The molecule has 1 N–H and O–H groups in total. The van der Waals surface area contributed by atoms with Crippen LogP contribution in [-0.2, 0) is 14.3 Å². The van der Waals surface area contributed by atoms with Gasteiger partial charge in [-0.05, 0) is 52.9 Å². The van der Waals surface area contributed by atoms with E-state index in [1.807, 2.05) is 20.8 Å². The van der Waals surface area contributed by atoms with Crippen LogP contribution in [0.4, 0.5) is 4.79 Å². The van der Waals surface area contributed by atoms with Gasteiger partial charge in [-0.2, -0.15) is 0 Å². The third kappa shape index (κ3) is 8.61. The number of carbonyl (C=O) groups is 2. The van der Waals surface area contributed by atoms with Gasteiger partial charge in [-0.3, -0.25) is 4.79 Å². The predicted octanol–water partition coefficient (Wildman–Crippen LogP) is 3.93. The second kappa shape index (κ2) is 9.38. The number of hydrogen-bond acceptors (Lipinski definition) is 4. The maximum absolute atomic E-state index is 11.9. The maximum atomic E-state index is 11.9. The van der Waals surface area contributed by atoms with Crippen molar-refractivity contribution in [2.45, 2.75) is 83.5 Å². The number of amides is 1. The average molecular weight is 378 g/mol. The Hall–Kier alpha value is -0.780. The van der Waals surface area contributed by atoms with Crippen LogP contribution < -0.4 is 5.32 Å². The highest BCUT2D eigenvalue weighted by Crippen LogP contribution is 2.21. The SMILES string of the molecule is CC(C)(C)OC(=O)N[C@H](CBr)CCC(=O)OC1CCCCC1. The van der Waals surface area contributed by atoms with Gasteiger partial charge >= 0.3 is 12.1 Å². The van der Waals surface area contributed by atoms with Crippen LogP contribution in [0.3, 0.4) is 0 Å². The molecule has 1 atom stereocenters. The van der Waals surface area contributed by atoms with Gasteiger partial charge in [0, 0.05) is 17.8 Å². The second-order valence-corrected chi connectivity index (χ2v) is 7.43. The molecule has 5 nitrogen and oxygen atoms in total. The molecule has 0 aromatic carbocycles. The standard InChI is InChI=1S/C16H28BrNO4/c1-16(2,3)22-15(20)18-12(11-17)9-10-14(19)21-13-7-5-4-6-8-13/h12-13H,4-11H2,1-3H3,(H,18,20)/t12-/m0/s1. The molecule has 1 aliphatic rings. The number of rotatable bonds is 6. The van der Waals surface area contributed by atoms with Crippen LogP contribution in [0.25, 0.3) is 0 Å². The second-order valence-electron chi connectivity index (χ2n) is 6.79. The summed E-state index contributed by atoms with van der Waals surface area (Å²) >= 11 is 3.35. The van der Waals surface area contributed by atoms with Crippen LogP contribution >= 0.6 is 15.9 Å². The fraction of sp³-hybridized carbons (Fsp3) is 0.875. The Labute approximate surface area is 141 Å². The molecular weight excluding hydrogens is 350 g/mol. The van der Waals surface area contributed by atoms with Crippen molar-refractivity contribution in [1.82, 2.24) is 5.32 Å². The van der Waals surface area contributed by atoms with Gasteiger partial charge in [-0.25, -0.2) is 4.79 Å². The van der Waals surface area contributed by atoms with Crippen LogP contribution in [0.1, 0.15) is 65.7 Å².